The molecule has 2 amide bonds. The minimum Gasteiger partial charge on any atom is -0.338 e. The number of nitrogens with zero attached hydrogens (tertiary/aromatic N) is 1. The van der Waals surface area contributed by atoms with Crippen molar-refractivity contribution in [2.45, 2.75) is 19.8 Å². The van der Waals surface area contributed by atoms with Gasteiger partial charge in [-0.15, -0.1) is 0 Å². The zero-order valence-electron chi connectivity index (χ0n) is 9.99. The summed E-state index contributed by atoms with van der Waals surface area (Å²) in [6.45, 7) is 3.04. The Bertz CT molecular complexity index is 409. The van der Waals surface area contributed by atoms with E-state index in [0.717, 1.165) is 6.42 Å². The number of aryl methyl sites for hydroxylation is 1. The lowest BCUT2D eigenvalue weighted by Gasteiger charge is -2.06. The second-order valence-corrected chi connectivity index (χ2v) is 3.83. The maximum absolute atomic E-state index is 11.2. The minimum atomic E-state index is -0.215. The fraction of sp³-hybridized carbons (Fsp3) is 0.385. The molecule has 90 valence electrons. The summed E-state index contributed by atoms with van der Waals surface area (Å²) in [5.74, 6) is 0. The first kappa shape index (κ1) is 13.0. The highest BCUT2D eigenvalue weighted by molar-refractivity contribution is 5.73. The van der Waals surface area contributed by atoms with Gasteiger partial charge in [-0.2, -0.15) is 5.26 Å². The Hall–Kier alpha value is -2.02. The Morgan fingerprint density at radius 1 is 1.35 bits per heavy atom. The summed E-state index contributed by atoms with van der Waals surface area (Å²) >= 11 is 0. The first-order valence-electron chi connectivity index (χ1n) is 5.66. The van der Waals surface area contributed by atoms with Gasteiger partial charge >= 0.3 is 6.03 Å². The molecular weight excluding hydrogens is 214 g/mol. The number of urea groups is 1. The molecule has 0 aliphatic rings. The molecule has 1 aromatic rings. The van der Waals surface area contributed by atoms with Crippen LogP contribution in [0.15, 0.2) is 24.3 Å². The number of nitrogens with one attached hydrogen (secondary N) is 2. The molecule has 0 saturated heterocycles. The molecular formula is C13H17N3O. The fourth-order valence-electron chi connectivity index (χ4n) is 1.48. The van der Waals surface area contributed by atoms with Gasteiger partial charge in [0, 0.05) is 13.1 Å². The molecule has 4 heteroatoms. The van der Waals surface area contributed by atoms with Crippen LogP contribution in [0.3, 0.4) is 0 Å². The molecule has 0 bridgehead atoms. The summed E-state index contributed by atoms with van der Waals surface area (Å²) in [6, 6.07) is 9.96. The highest BCUT2D eigenvalue weighted by atomic mass is 16.2. The molecule has 0 aromatic heterocycles. The molecule has 0 aliphatic carbocycles. The number of rotatable bonds is 5. The topological polar surface area (TPSA) is 64.9 Å². The Morgan fingerprint density at radius 3 is 2.82 bits per heavy atom. The second kappa shape index (κ2) is 7.29. The van der Waals surface area contributed by atoms with Crippen LogP contribution < -0.4 is 10.6 Å². The molecule has 0 unspecified atom stereocenters. The van der Waals surface area contributed by atoms with Crippen LogP contribution in [0.5, 0.6) is 0 Å². The fourth-order valence-corrected chi connectivity index (χ4v) is 1.48. The van der Waals surface area contributed by atoms with Gasteiger partial charge in [-0.1, -0.05) is 29.8 Å². The van der Waals surface area contributed by atoms with Gasteiger partial charge in [-0.05, 0) is 18.9 Å². The number of carbonyl (C=O) groups is 1. The van der Waals surface area contributed by atoms with Crippen LogP contribution in [0.25, 0.3) is 0 Å². The lowest BCUT2D eigenvalue weighted by atomic mass is 10.1. The number of nitriles is 1. The van der Waals surface area contributed by atoms with E-state index in [2.05, 4.69) is 16.7 Å². The van der Waals surface area contributed by atoms with Crippen LogP contribution >= 0.6 is 0 Å². The van der Waals surface area contributed by atoms with Crippen molar-refractivity contribution in [1.29, 1.82) is 5.26 Å². The standard InChI is InChI=1S/C13H17N3O/c1-11-4-2-5-12(10-11)6-9-16-13(17)15-8-3-7-14/h2,4-5,10H,3,6,8-9H2,1H3,(H2,15,16,17). The highest BCUT2D eigenvalue weighted by Gasteiger charge is 1.98. The second-order valence-electron chi connectivity index (χ2n) is 3.83. The minimum absolute atomic E-state index is 0.215. The van der Waals surface area contributed by atoms with Crippen molar-refractivity contribution in [1.82, 2.24) is 10.6 Å². The number of hydrogen-bond acceptors (Lipinski definition) is 2. The monoisotopic (exact) mass is 231 g/mol. The molecule has 4 nitrogen and oxygen atoms in total. The summed E-state index contributed by atoms with van der Waals surface area (Å²) in [5.41, 5.74) is 2.43. The van der Waals surface area contributed by atoms with E-state index in [1.165, 1.54) is 11.1 Å². The Morgan fingerprint density at radius 2 is 2.12 bits per heavy atom. The zero-order valence-corrected chi connectivity index (χ0v) is 9.99. The van der Waals surface area contributed by atoms with Gasteiger partial charge in [-0.3, -0.25) is 0 Å². The molecule has 1 rings (SSSR count). The lowest BCUT2D eigenvalue weighted by molar-refractivity contribution is 0.241. The van der Waals surface area contributed by atoms with E-state index in [4.69, 9.17) is 5.26 Å². The van der Waals surface area contributed by atoms with Crippen molar-refractivity contribution < 1.29 is 4.79 Å². The van der Waals surface area contributed by atoms with Gasteiger partial charge in [0.15, 0.2) is 0 Å². The summed E-state index contributed by atoms with van der Waals surface area (Å²) in [6.07, 6.45) is 1.15. The van der Waals surface area contributed by atoms with Crippen LogP contribution in [0.1, 0.15) is 17.5 Å². The number of carbonyl (C=O) groups excluding carboxylic acids is 1. The molecule has 1 aromatic carbocycles. The SMILES string of the molecule is Cc1cccc(CCNC(=O)NCCC#N)c1. The summed E-state index contributed by atoms with van der Waals surface area (Å²) in [5, 5.41) is 13.7. The highest BCUT2D eigenvalue weighted by Crippen LogP contribution is 2.03. The van der Waals surface area contributed by atoms with Crippen molar-refractivity contribution in [2.75, 3.05) is 13.1 Å². The Balaban J connectivity index is 2.19. The normalized spacial score (nSPS) is 9.41. The van der Waals surface area contributed by atoms with E-state index in [1.54, 1.807) is 0 Å². The average Bonchev–Trinajstić information content (AvgIpc) is 2.29. The van der Waals surface area contributed by atoms with Gasteiger partial charge in [0.25, 0.3) is 0 Å². The molecule has 0 fully saturated rings. The van der Waals surface area contributed by atoms with Crippen molar-refractivity contribution in [2.24, 2.45) is 0 Å². The molecule has 0 atom stereocenters. The first-order valence-corrected chi connectivity index (χ1v) is 5.66. The maximum atomic E-state index is 11.2. The molecule has 17 heavy (non-hydrogen) atoms. The third kappa shape index (κ3) is 5.57. The quantitative estimate of drug-likeness (QED) is 0.758. The van der Waals surface area contributed by atoms with E-state index in [-0.39, 0.29) is 6.03 Å². The molecule has 0 heterocycles. The number of amides is 2. The van der Waals surface area contributed by atoms with Crippen LogP contribution in [0, 0.1) is 18.3 Å². The maximum Gasteiger partial charge on any atom is 0.314 e. The molecule has 0 aliphatic heterocycles. The van der Waals surface area contributed by atoms with Gasteiger partial charge in [0.2, 0.25) is 0 Å². The zero-order chi connectivity index (χ0) is 12.5. The van der Waals surface area contributed by atoms with Gasteiger partial charge in [-0.25, -0.2) is 4.79 Å². The smallest absolute Gasteiger partial charge is 0.314 e. The number of hydrogen-bond donors (Lipinski definition) is 2. The van der Waals surface area contributed by atoms with Crippen LogP contribution in [0.4, 0.5) is 4.79 Å². The molecule has 0 radical (unpaired) electrons. The number of benzene rings is 1. The van der Waals surface area contributed by atoms with Gasteiger partial charge < -0.3 is 10.6 Å². The van der Waals surface area contributed by atoms with Gasteiger partial charge in [0.05, 0.1) is 12.5 Å². The largest absolute Gasteiger partial charge is 0.338 e. The average molecular weight is 231 g/mol. The first-order chi connectivity index (χ1) is 8.22. The van der Waals surface area contributed by atoms with Gasteiger partial charge in [0.1, 0.15) is 0 Å². The molecule has 2 N–H and O–H groups in total. The van der Waals surface area contributed by atoms with E-state index in [0.29, 0.717) is 19.5 Å². The predicted molar refractivity (Wildman–Crippen MR) is 66.5 cm³/mol. The van der Waals surface area contributed by atoms with E-state index in [1.807, 2.05) is 31.2 Å². The van der Waals surface area contributed by atoms with Crippen molar-refractivity contribution in [3.63, 3.8) is 0 Å². The summed E-state index contributed by atoms with van der Waals surface area (Å²) < 4.78 is 0. The van der Waals surface area contributed by atoms with Crippen molar-refractivity contribution >= 4 is 6.03 Å². The van der Waals surface area contributed by atoms with Crippen molar-refractivity contribution in [3.8, 4) is 6.07 Å². The van der Waals surface area contributed by atoms with E-state index < -0.39 is 0 Å². The van der Waals surface area contributed by atoms with Crippen LogP contribution in [0.2, 0.25) is 0 Å². The third-order valence-electron chi connectivity index (χ3n) is 2.30. The summed E-state index contributed by atoms with van der Waals surface area (Å²) in [4.78, 5) is 11.2. The van der Waals surface area contributed by atoms with E-state index in [9.17, 15) is 4.79 Å². The van der Waals surface area contributed by atoms with Crippen LogP contribution in [-0.2, 0) is 6.42 Å². The molecule has 0 spiro atoms. The Labute approximate surface area is 102 Å². The molecule has 0 saturated carbocycles. The van der Waals surface area contributed by atoms with Crippen molar-refractivity contribution in [3.05, 3.63) is 35.4 Å². The third-order valence-corrected chi connectivity index (χ3v) is 2.30. The van der Waals surface area contributed by atoms with E-state index >= 15 is 0 Å². The predicted octanol–water partition coefficient (Wildman–Crippen LogP) is 1.75. The Kier molecular flexibility index (Phi) is 5.59. The summed E-state index contributed by atoms with van der Waals surface area (Å²) in [7, 11) is 0. The van der Waals surface area contributed by atoms with Crippen LogP contribution in [-0.4, -0.2) is 19.1 Å². The lowest BCUT2D eigenvalue weighted by Crippen LogP contribution is -2.36.